The summed E-state index contributed by atoms with van der Waals surface area (Å²) in [6, 6.07) is 50.1. The molecule has 0 radical (unpaired) electrons. The quantitative estimate of drug-likeness (QED) is 0.0123. The number of halogens is 1. The van der Waals surface area contributed by atoms with Crippen molar-refractivity contribution in [1.29, 1.82) is 0 Å². The number of carbonyl (C=O) groups excluding carboxylic acids is 9. The van der Waals surface area contributed by atoms with Crippen LogP contribution in [-0.2, 0) is 37.0 Å². The molecule has 4 unspecified atom stereocenters. The molecule has 0 spiro atoms. The third-order valence-electron chi connectivity index (χ3n) is 24.2. The Bertz CT molecular complexity index is 6160. The standard InChI is InChI=1S/C50H54N10O6.C28H29N7O.C27H34ClN3O7/c1-35-32-39(11-16-42(35)54-48-52-23-19-43(55-48)38-6-3-22-51-33-38)53-46(62)37-9-7-36(8-10-37)34-58-27-25-57(26-28-58)24-4-20-50(2,65)21-5-31-66-41-14-12-40(13-15-41)59-29-30-60(49(59)64)44-17-18-45(61)56-47(44)63;1-20-17-24(32-27(36)22-6-4-21(5-7-22)19-35-15-13-29-14-16-35)8-9-25(20)33-28-31-12-10-26(34-28)23-3-2-11-30-18-23;1-26(2,3)38-25(35)31-22(32)12-11-21(23(31)33)30-17-16-29(24(30)34)19-7-9-20(10-8-19)37-18-6-14-27(4,36)13-5-15-28/h3,6-16,19,22-23,32-33,44,65H,4,17-18,20,24-31,34H2,1-2H3,(H,53,62)(H,52,54,55)(H,56,61,63);2-12,17-18,29H,13-16,19H2,1H3,(H,32,36)(H,31,33,34);7-10,21,36H,5,11-13,15-18H2,1-4H3. The molecule has 4 atom stereocenters. The zero-order valence-corrected chi connectivity index (χ0v) is 80.4. The maximum Gasteiger partial charge on any atom is 0.424 e. The number of likely N-dealkylation sites (tertiary alicyclic amines) is 1. The number of ether oxygens (including phenoxy) is 3. The van der Waals surface area contributed by atoms with Gasteiger partial charge in [-0.25, -0.2) is 34.3 Å². The number of aryl methyl sites for hydroxylation is 2. The molecule has 728 valence electrons. The predicted molar refractivity (Wildman–Crippen MR) is 534 cm³/mol. The smallest absolute Gasteiger partial charge is 0.424 e. The van der Waals surface area contributed by atoms with Gasteiger partial charge < -0.3 is 65.7 Å². The van der Waals surface area contributed by atoms with E-state index in [0.717, 1.165) is 135 Å². The number of benzene rings is 6. The van der Waals surface area contributed by atoms with Gasteiger partial charge in [0.25, 0.3) is 17.7 Å². The highest BCUT2D eigenvalue weighted by molar-refractivity contribution is 6.18. The van der Waals surface area contributed by atoms with Crippen molar-refractivity contribution >= 4 is 111 Å². The van der Waals surface area contributed by atoms with Crippen LogP contribution in [0, 0.1) is 37.5 Å². The van der Waals surface area contributed by atoms with Gasteiger partial charge in [0.1, 0.15) is 53.6 Å². The number of aromatic nitrogens is 6. The van der Waals surface area contributed by atoms with Crippen molar-refractivity contribution in [2.45, 2.75) is 142 Å². The minimum atomic E-state index is -1.14. The van der Waals surface area contributed by atoms with Crippen LogP contribution >= 0.6 is 11.6 Å². The second kappa shape index (κ2) is 47.6. The molecule has 6 fully saturated rings. The van der Waals surface area contributed by atoms with Crippen LogP contribution in [0.5, 0.6) is 11.5 Å². The summed E-state index contributed by atoms with van der Waals surface area (Å²) in [4.78, 5) is 154. The Hall–Kier alpha value is -14.6. The van der Waals surface area contributed by atoms with Crippen LogP contribution in [0.25, 0.3) is 22.5 Å². The lowest BCUT2D eigenvalue weighted by Gasteiger charge is -2.35. The molecule has 8 N–H and O–H groups in total. The van der Waals surface area contributed by atoms with E-state index in [4.69, 9.17) is 25.8 Å². The van der Waals surface area contributed by atoms with E-state index >= 15 is 0 Å². The average molecular weight is 1920 g/mol. The summed E-state index contributed by atoms with van der Waals surface area (Å²) in [5.74, 6) is 11.6. The van der Waals surface area contributed by atoms with Crippen molar-refractivity contribution in [3.63, 3.8) is 0 Å². The number of piperidine rings is 2. The summed E-state index contributed by atoms with van der Waals surface area (Å²) in [5.41, 5.74) is 10.2. The number of hydrogen-bond donors (Lipinski definition) is 8. The van der Waals surface area contributed by atoms with Gasteiger partial charge in [-0.3, -0.25) is 63.7 Å². The Morgan fingerprint density at radius 2 is 0.986 bits per heavy atom. The fraction of sp³-hybridized carbons (Fsp3) is 0.362. The molecule has 0 saturated carbocycles. The van der Waals surface area contributed by atoms with E-state index in [1.54, 1.807) is 125 Å². The minimum absolute atomic E-state index is 0.0451. The number of imide groups is 4. The van der Waals surface area contributed by atoms with E-state index in [9.17, 15) is 53.4 Å². The molecule has 6 aliphatic heterocycles. The Morgan fingerprint density at radius 3 is 1.44 bits per heavy atom. The van der Waals surface area contributed by atoms with Gasteiger partial charge in [-0.15, -0.1) is 11.6 Å². The first-order valence-corrected chi connectivity index (χ1v) is 47.4. The molecule has 0 bridgehead atoms. The molecule has 34 nitrogen and oxygen atoms in total. The Morgan fingerprint density at radius 1 is 0.521 bits per heavy atom. The summed E-state index contributed by atoms with van der Waals surface area (Å²) in [5, 5.41) is 39.4. The van der Waals surface area contributed by atoms with Crippen LogP contribution in [0.1, 0.15) is 129 Å². The first-order valence-electron chi connectivity index (χ1n) is 46.9. The monoisotopic (exact) mass is 1920 g/mol. The van der Waals surface area contributed by atoms with E-state index in [2.05, 4.69) is 100 Å². The summed E-state index contributed by atoms with van der Waals surface area (Å²) < 4.78 is 16.6. The molecule has 6 aromatic carbocycles. The zero-order valence-electron chi connectivity index (χ0n) is 79.6. The third kappa shape index (κ3) is 28.6. The number of anilines is 8. The molecule has 11 amide bonds. The second-order valence-electron chi connectivity index (χ2n) is 36.2. The van der Waals surface area contributed by atoms with Crippen molar-refractivity contribution < 1.29 is 67.6 Å². The minimum Gasteiger partial charge on any atom is -0.481 e. The molecule has 16 rings (SSSR count). The molecule has 140 heavy (non-hydrogen) atoms. The van der Waals surface area contributed by atoms with Crippen molar-refractivity contribution in [2.75, 3.05) is 135 Å². The maximum atomic E-state index is 13.2. The van der Waals surface area contributed by atoms with Crippen LogP contribution in [-0.4, -0.2) is 256 Å². The van der Waals surface area contributed by atoms with Gasteiger partial charge in [0.15, 0.2) is 0 Å². The molecule has 4 aromatic heterocycles. The Kier molecular flexibility index (Phi) is 34.5. The van der Waals surface area contributed by atoms with Gasteiger partial charge in [0, 0.05) is 204 Å². The molecule has 10 heterocycles. The molecule has 0 aliphatic carbocycles. The van der Waals surface area contributed by atoms with Crippen molar-refractivity contribution in [1.82, 2.24) is 69.9 Å². The molecular formula is C105H117ClN20O14. The summed E-state index contributed by atoms with van der Waals surface area (Å²) >= 11 is 5.66. The van der Waals surface area contributed by atoms with Crippen molar-refractivity contribution in [2.24, 2.45) is 0 Å². The van der Waals surface area contributed by atoms with Crippen LogP contribution in [0.15, 0.2) is 207 Å². The normalized spacial score (nSPS) is 17.2. The molecule has 35 heteroatoms. The maximum absolute atomic E-state index is 13.2. The summed E-state index contributed by atoms with van der Waals surface area (Å²) in [6.07, 6.45) is 12.5. The number of urea groups is 2. The predicted octanol–water partition coefficient (Wildman–Crippen LogP) is 13.4. The lowest BCUT2D eigenvalue weighted by atomic mass is 10.0. The van der Waals surface area contributed by atoms with Crippen LogP contribution < -0.4 is 51.2 Å². The third-order valence-corrected chi connectivity index (χ3v) is 24.5. The number of rotatable bonds is 29. The highest BCUT2D eigenvalue weighted by atomic mass is 35.5. The molecule has 6 aliphatic rings. The molecule has 6 saturated heterocycles. The van der Waals surface area contributed by atoms with E-state index < -0.39 is 52.7 Å². The second-order valence-corrected chi connectivity index (χ2v) is 36.6. The fourth-order valence-electron chi connectivity index (χ4n) is 16.7. The fourth-order valence-corrected chi connectivity index (χ4v) is 16.8. The first kappa shape index (κ1) is 101. The van der Waals surface area contributed by atoms with E-state index in [-0.39, 0.29) is 68.8 Å². The van der Waals surface area contributed by atoms with Gasteiger partial charge in [0.05, 0.1) is 11.4 Å². The lowest BCUT2D eigenvalue weighted by Crippen LogP contribution is -2.57. The first-order chi connectivity index (χ1) is 67.4. The molecular weight excluding hydrogens is 1800 g/mol. The van der Waals surface area contributed by atoms with Gasteiger partial charge in [-0.2, -0.15) is 4.90 Å². The van der Waals surface area contributed by atoms with Gasteiger partial charge >= 0.3 is 18.2 Å². The number of amides is 11. The largest absolute Gasteiger partial charge is 0.481 e. The highest BCUT2D eigenvalue weighted by Gasteiger charge is 2.47. The Balaban J connectivity index is 0.000000180. The lowest BCUT2D eigenvalue weighted by molar-refractivity contribution is -0.150. The number of nitrogens with zero attached hydrogens (tertiary/aromatic N) is 14. The number of hydrogen-bond acceptors (Lipinski definition) is 26. The average Bonchev–Trinajstić information content (AvgIpc) is 1.67. The van der Waals surface area contributed by atoms with Gasteiger partial charge in [0.2, 0.25) is 29.6 Å². The zero-order chi connectivity index (χ0) is 98.9. The highest BCUT2D eigenvalue weighted by Crippen LogP contribution is 2.33. The number of piperazine rings is 2. The number of nitrogens with one attached hydrogen (secondary N) is 6. The van der Waals surface area contributed by atoms with Crippen molar-refractivity contribution in [3.05, 3.63) is 240 Å². The van der Waals surface area contributed by atoms with Crippen LogP contribution in [0.2, 0.25) is 0 Å². The van der Waals surface area contributed by atoms with E-state index in [1.165, 1.54) is 20.3 Å². The van der Waals surface area contributed by atoms with Crippen LogP contribution in [0.4, 0.5) is 60.4 Å². The van der Waals surface area contributed by atoms with Gasteiger partial charge in [-0.1, -0.05) is 47.9 Å². The topological polar surface area (TPSA) is 397 Å². The van der Waals surface area contributed by atoms with Gasteiger partial charge in [-0.05, 0) is 261 Å². The number of carbonyl (C=O) groups is 9. The Labute approximate surface area is 819 Å². The van der Waals surface area contributed by atoms with Crippen molar-refractivity contribution in [3.8, 4) is 57.7 Å². The molecule has 10 aromatic rings. The summed E-state index contributed by atoms with van der Waals surface area (Å²) in [6.45, 7) is 24.3. The van der Waals surface area contributed by atoms with Crippen LogP contribution in [0.3, 0.4) is 0 Å². The van der Waals surface area contributed by atoms with E-state index in [1.807, 2.05) is 135 Å². The number of pyridine rings is 2. The number of aliphatic hydroxyl groups is 2. The SMILES string of the molecule is CC(O)(C#CCOc1ccc(N2CCN(C3CCC(=O)N(C(=O)OC(C)(C)C)C3=O)C2=O)cc1)CCCCl.Cc1cc(NC(=O)c2ccc(CN3CCN(CCCC(C)(O)C#CCOc4ccc(N5CCN(C6CCC(=O)NC6=O)C5=O)cc4)CC3)cc2)ccc1Nc1nccc(-c2cccnc2)n1.Cc1cc(NC(=O)c2ccc(CN3CCNCC3)cc2)ccc1Nc1nccc(-c2cccnc2)n1. The summed E-state index contributed by atoms with van der Waals surface area (Å²) in [7, 11) is 0. The number of alkyl halides is 1. The van der Waals surface area contributed by atoms with E-state index in [0.29, 0.717) is 108 Å².